The average molecular weight is 448 g/mol. The Bertz CT molecular complexity index is 1250. The Labute approximate surface area is 188 Å². The number of hydrogen-bond donors (Lipinski definition) is 2. The second-order valence-corrected chi connectivity index (χ2v) is 8.07. The quantitative estimate of drug-likeness (QED) is 0.478. The molecule has 1 aromatic carbocycles. The molecule has 4 heterocycles. The molecule has 32 heavy (non-hydrogen) atoms. The smallest absolute Gasteiger partial charge is 0.260 e. The van der Waals surface area contributed by atoms with Crippen LogP contribution in [0.5, 0.6) is 0 Å². The number of pyridine rings is 1. The SMILES string of the molecule is Cc1nsc(Nc2cnc3ccccc3n2)c1C(=O)Nc1ccc(N2CCOCC2)nc1. The first-order chi connectivity index (χ1) is 15.7. The van der Waals surface area contributed by atoms with Crippen molar-refractivity contribution >= 4 is 50.8 Å². The largest absolute Gasteiger partial charge is 0.378 e. The van der Waals surface area contributed by atoms with Crippen molar-refractivity contribution in [3.63, 3.8) is 0 Å². The molecule has 0 unspecified atom stereocenters. The van der Waals surface area contributed by atoms with Crippen LogP contribution in [0.25, 0.3) is 11.0 Å². The number of nitrogens with one attached hydrogen (secondary N) is 2. The number of rotatable bonds is 5. The number of aryl methyl sites for hydroxylation is 1. The summed E-state index contributed by atoms with van der Waals surface area (Å²) in [5.41, 5.74) is 3.32. The molecule has 1 amide bonds. The third-order valence-electron chi connectivity index (χ3n) is 5.12. The Hall–Kier alpha value is -3.63. The van der Waals surface area contributed by atoms with Crippen LogP contribution in [0.3, 0.4) is 0 Å². The van der Waals surface area contributed by atoms with E-state index in [0.29, 0.717) is 41.0 Å². The van der Waals surface area contributed by atoms with E-state index in [9.17, 15) is 4.79 Å². The number of carbonyl (C=O) groups excluding carboxylic acids is 1. The molecule has 3 aromatic heterocycles. The summed E-state index contributed by atoms with van der Waals surface area (Å²) in [7, 11) is 0. The van der Waals surface area contributed by atoms with Crippen molar-refractivity contribution in [2.24, 2.45) is 0 Å². The van der Waals surface area contributed by atoms with Crippen molar-refractivity contribution in [3.05, 3.63) is 60.0 Å². The molecule has 0 saturated carbocycles. The van der Waals surface area contributed by atoms with E-state index >= 15 is 0 Å². The minimum atomic E-state index is -0.256. The highest BCUT2D eigenvalue weighted by Gasteiger charge is 2.20. The maximum absolute atomic E-state index is 13.0. The lowest BCUT2D eigenvalue weighted by Crippen LogP contribution is -2.36. The third kappa shape index (κ3) is 4.23. The van der Waals surface area contributed by atoms with Gasteiger partial charge in [0.25, 0.3) is 5.91 Å². The second kappa shape index (κ2) is 8.85. The summed E-state index contributed by atoms with van der Waals surface area (Å²) < 4.78 is 9.73. The van der Waals surface area contributed by atoms with Crippen LogP contribution >= 0.6 is 11.5 Å². The first-order valence-corrected chi connectivity index (χ1v) is 11.0. The third-order valence-corrected chi connectivity index (χ3v) is 5.97. The monoisotopic (exact) mass is 447 g/mol. The van der Waals surface area contributed by atoms with Crippen molar-refractivity contribution in [1.82, 2.24) is 19.3 Å². The lowest BCUT2D eigenvalue weighted by atomic mass is 10.2. The fourth-order valence-electron chi connectivity index (χ4n) is 3.49. The molecule has 1 fully saturated rings. The summed E-state index contributed by atoms with van der Waals surface area (Å²) in [6, 6.07) is 11.4. The summed E-state index contributed by atoms with van der Waals surface area (Å²) in [6.07, 6.45) is 3.31. The van der Waals surface area contributed by atoms with Crippen LogP contribution in [0.4, 0.5) is 22.3 Å². The van der Waals surface area contributed by atoms with Gasteiger partial charge in [-0.3, -0.25) is 9.78 Å². The Morgan fingerprint density at radius 1 is 1.06 bits per heavy atom. The number of hydrogen-bond acceptors (Lipinski definition) is 9. The van der Waals surface area contributed by atoms with Gasteiger partial charge in [-0.05, 0) is 42.7 Å². The van der Waals surface area contributed by atoms with Gasteiger partial charge in [0.1, 0.15) is 16.6 Å². The standard InChI is InChI=1S/C22H21N7O2S/c1-14-20(21(30)25-15-6-7-19(24-12-15)29-8-10-31-11-9-29)22(32-28-14)27-18-13-23-16-4-2-3-5-17(16)26-18/h2-7,12-13H,8-11H2,1H3,(H,25,30)(H,26,27). The molecule has 0 radical (unpaired) electrons. The summed E-state index contributed by atoms with van der Waals surface area (Å²) in [6.45, 7) is 4.82. The Kier molecular flexibility index (Phi) is 5.61. The summed E-state index contributed by atoms with van der Waals surface area (Å²) in [4.78, 5) is 28.7. The van der Waals surface area contributed by atoms with Gasteiger partial charge in [-0.1, -0.05) is 12.1 Å². The van der Waals surface area contributed by atoms with E-state index in [4.69, 9.17) is 4.74 Å². The number of aromatic nitrogens is 4. The highest BCUT2D eigenvalue weighted by molar-refractivity contribution is 7.10. The number of anilines is 4. The van der Waals surface area contributed by atoms with Crippen molar-refractivity contribution in [1.29, 1.82) is 0 Å². The molecular formula is C22H21N7O2S. The average Bonchev–Trinajstić information content (AvgIpc) is 3.20. The van der Waals surface area contributed by atoms with Crippen LogP contribution in [0.1, 0.15) is 16.1 Å². The summed E-state index contributed by atoms with van der Waals surface area (Å²) >= 11 is 1.21. The molecule has 0 atom stereocenters. The highest BCUT2D eigenvalue weighted by Crippen LogP contribution is 2.28. The molecule has 0 bridgehead atoms. The van der Waals surface area contributed by atoms with Crippen molar-refractivity contribution in [2.45, 2.75) is 6.92 Å². The zero-order valence-corrected chi connectivity index (χ0v) is 18.2. The van der Waals surface area contributed by atoms with Gasteiger partial charge in [0.2, 0.25) is 0 Å². The van der Waals surface area contributed by atoms with Gasteiger partial charge >= 0.3 is 0 Å². The number of ether oxygens (including phenoxy) is 1. The van der Waals surface area contributed by atoms with E-state index in [0.717, 1.165) is 29.9 Å². The Morgan fingerprint density at radius 3 is 2.66 bits per heavy atom. The Morgan fingerprint density at radius 2 is 1.88 bits per heavy atom. The molecule has 1 aliphatic rings. The van der Waals surface area contributed by atoms with Gasteiger partial charge in [0, 0.05) is 13.1 Å². The first-order valence-electron chi connectivity index (χ1n) is 10.2. The van der Waals surface area contributed by atoms with E-state index in [2.05, 4.69) is 34.9 Å². The molecule has 162 valence electrons. The molecule has 0 aliphatic carbocycles. The normalized spacial score (nSPS) is 13.8. The van der Waals surface area contributed by atoms with E-state index in [-0.39, 0.29) is 5.91 Å². The van der Waals surface area contributed by atoms with Gasteiger partial charge in [0.15, 0.2) is 0 Å². The van der Waals surface area contributed by atoms with Crippen molar-refractivity contribution in [3.8, 4) is 0 Å². The fraction of sp³-hybridized carbons (Fsp3) is 0.227. The zero-order valence-electron chi connectivity index (χ0n) is 17.4. The van der Waals surface area contributed by atoms with Crippen LogP contribution in [0.2, 0.25) is 0 Å². The number of fused-ring (bicyclic) bond motifs is 1. The minimum Gasteiger partial charge on any atom is -0.378 e. The molecule has 1 aliphatic heterocycles. The van der Waals surface area contributed by atoms with E-state index < -0.39 is 0 Å². The fourth-order valence-corrected chi connectivity index (χ4v) is 4.29. The number of amides is 1. The molecular weight excluding hydrogens is 426 g/mol. The molecule has 0 spiro atoms. The predicted molar refractivity (Wildman–Crippen MR) is 125 cm³/mol. The van der Waals surface area contributed by atoms with Gasteiger partial charge in [-0.2, -0.15) is 4.37 Å². The maximum atomic E-state index is 13.0. The van der Waals surface area contributed by atoms with Crippen LogP contribution in [-0.2, 0) is 4.74 Å². The van der Waals surface area contributed by atoms with Crippen LogP contribution in [0, 0.1) is 6.92 Å². The molecule has 9 nitrogen and oxygen atoms in total. The summed E-state index contributed by atoms with van der Waals surface area (Å²) in [5.74, 6) is 1.17. The van der Waals surface area contributed by atoms with Crippen molar-refractivity contribution in [2.75, 3.05) is 41.8 Å². The Balaban J connectivity index is 1.32. The van der Waals surface area contributed by atoms with Gasteiger partial charge in [-0.15, -0.1) is 0 Å². The second-order valence-electron chi connectivity index (χ2n) is 7.30. The van der Waals surface area contributed by atoms with Crippen molar-refractivity contribution < 1.29 is 9.53 Å². The number of morpholine rings is 1. The minimum absolute atomic E-state index is 0.256. The highest BCUT2D eigenvalue weighted by atomic mass is 32.1. The molecule has 1 saturated heterocycles. The number of nitrogens with zero attached hydrogens (tertiary/aromatic N) is 5. The molecule has 10 heteroatoms. The topological polar surface area (TPSA) is 105 Å². The van der Waals surface area contributed by atoms with Crippen LogP contribution in [-0.4, -0.2) is 51.5 Å². The zero-order chi connectivity index (χ0) is 21.9. The number of benzene rings is 1. The maximum Gasteiger partial charge on any atom is 0.260 e. The number of carbonyl (C=O) groups is 1. The molecule has 5 rings (SSSR count). The first kappa shape index (κ1) is 20.3. The predicted octanol–water partition coefficient (Wildman–Crippen LogP) is 3.62. The number of para-hydroxylation sites is 2. The molecule has 4 aromatic rings. The van der Waals surface area contributed by atoms with Gasteiger partial charge in [-0.25, -0.2) is 9.97 Å². The lowest BCUT2D eigenvalue weighted by molar-refractivity contribution is 0.102. The molecule has 2 N–H and O–H groups in total. The van der Waals surface area contributed by atoms with E-state index in [1.807, 2.05) is 43.3 Å². The van der Waals surface area contributed by atoms with Crippen LogP contribution < -0.4 is 15.5 Å². The van der Waals surface area contributed by atoms with Gasteiger partial charge < -0.3 is 20.3 Å². The van der Waals surface area contributed by atoms with E-state index in [1.54, 1.807) is 12.4 Å². The summed E-state index contributed by atoms with van der Waals surface area (Å²) in [5, 5.41) is 6.72. The van der Waals surface area contributed by atoms with Crippen LogP contribution in [0.15, 0.2) is 48.8 Å². The van der Waals surface area contributed by atoms with E-state index in [1.165, 1.54) is 11.5 Å². The lowest BCUT2D eigenvalue weighted by Gasteiger charge is -2.27. The van der Waals surface area contributed by atoms with Gasteiger partial charge in [0.05, 0.1) is 53.6 Å².